The monoisotopic (exact) mass is 350 g/mol. The largest absolute Gasteiger partial charge is 0.465 e. The molecule has 1 aromatic carbocycles. The van der Waals surface area contributed by atoms with E-state index < -0.39 is 5.97 Å². The number of rotatable bonds is 6. The van der Waals surface area contributed by atoms with E-state index in [-0.39, 0.29) is 11.7 Å². The van der Waals surface area contributed by atoms with Gasteiger partial charge in [0.1, 0.15) is 4.88 Å². The van der Waals surface area contributed by atoms with Gasteiger partial charge >= 0.3 is 5.97 Å². The first-order valence-corrected chi connectivity index (χ1v) is 8.91. The topological polar surface area (TPSA) is 68.3 Å². The fourth-order valence-corrected chi connectivity index (χ4v) is 3.52. The van der Waals surface area contributed by atoms with Crippen molar-refractivity contribution >= 4 is 40.1 Å². The molecule has 0 aliphatic rings. The fourth-order valence-electron chi connectivity index (χ4n) is 1.84. The van der Waals surface area contributed by atoms with Crippen LogP contribution in [0.25, 0.3) is 0 Å². The van der Waals surface area contributed by atoms with Crippen molar-refractivity contribution in [3.8, 4) is 0 Å². The average molecular weight is 350 g/mol. The van der Waals surface area contributed by atoms with Crippen LogP contribution in [0, 0.1) is 6.92 Å². The molecule has 122 valence electrons. The molecule has 0 atom stereocenters. The standard InChI is InChI=1S/C16H18N2O3S2/c1-4-12-14(15(20)21-3)23-16(17-12)18-13(19)9-22-11-7-5-10(2)6-8-11/h5-8H,4,9H2,1-3H3,(H,17,18,19). The summed E-state index contributed by atoms with van der Waals surface area (Å²) < 4.78 is 4.73. The zero-order valence-electron chi connectivity index (χ0n) is 13.2. The van der Waals surface area contributed by atoms with Gasteiger partial charge in [-0.25, -0.2) is 9.78 Å². The smallest absolute Gasteiger partial charge is 0.350 e. The molecule has 0 saturated heterocycles. The van der Waals surface area contributed by atoms with Gasteiger partial charge < -0.3 is 10.1 Å². The van der Waals surface area contributed by atoms with Crippen LogP contribution < -0.4 is 5.32 Å². The summed E-state index contributed by atoms with van der Waals surface area (Å²) in [5.74, 6) is -0.283. The number of methoxy groups -OCH3 is 1. The lowest BCUT2D eigenvalue weighted by Gasteiger charge is -2.02. The van der Waals surface area contributed by atoms with Gasteiger partial charge in [0.15, 0.2) is 5.13 Å². The summed E-state index contributed by atoms with van der Waals surface area (Å²) in [6.45, 7) is 3.92. The number of carbonyl (C=O) groups is 2. The number of benzene rings is 1. The van der Waals surface area contributed by atoms with Crippen LogP contribution in [0.2, 0.25) is 0 Å². The number of carbonyl (C=O) groups excluding carboxylic acids is 2. The Balaban J connectivity index is 1.96. The molecule has 7 heteroatoms. The molecule has 0 aliphatic heterocycles. The number of esters is 1. The normalized spacial score (nSPS) is 10.4. The Hall–Kier alpha value is -1.86. The number of amides is 1. The number of hydrogen-bond donors (Lipinski definition) is 1. The molecule has 0 fully saturated rings. The van der Waals surface area contributed by atoms with Gasteiger partial charge in [0.25, 0.3) is 0 Å². The van der Waals surface area contributed by atoms with Crippen molar-refractivity contribution in [3.63, 3.8) is 0 Å². The third kappa shape index (κ3) is 4.80. The van der Waals surface area contributed by atoms with Crippen molar-refractivity contribution in [1.82, 2.24) is 4.98 Å². The predicted octanol–water partition coefficient (Wildman–Crippen LogP) is 3.53. The van der Waals surface area contributed by atoms with Crippen molar-refractivity contribution in [1.29, 1.82) is 0 Å². The van der Waals surface area contributed by atoms with Crippen molar-refractivity contribution in [2.45, 2.75) is 25.2 Å². The highest BCUT2D eigenvalue weighted by molar-refractivity contribution is 8.00. The molecular formula is C16H18N2O3S2. The van der Waals surface area contributed by atoms with E-state index in [1.54, 1.807) is 0 Å². The SMILES string of the molecule is CCc1nc(NC(=O)CSc2ccc(C)cc2)sc1C(=O)OC. The minimum atomic E-state index is -0.422. The van der Waals surface area contributed by atoms with E-state index in [0.717, 1.165) is 16.2 Å². The second kappa shape index (κ2) is 8.12. The van der Waals surface area contributed by atoms with Gasteiger partial charge in [-0.1, -0.05) is 36.0 Å². The lowest BCUT2D eigenvalue weighted by molar-refractivity contribution is -0.113. The number of nitrogens with one attached hydrogen (secondary N) is 1. The van der Waals surface area contributed by atoms with Crippen LogP contribution in [0.1, 0.15) is 27.9 Å². The van der Waals surface area contributed by atoms with Crippen molar-refractivity contribution in [2.75, 3.05) is 18.2 Å². The molecule has 0 spiro atoms. The summed E-state index contributed by atoms with van der Waals surface area (Å²) in [5.41, 5.74) is 1.83. The van der Waals surface area contributed by atoms with Crippen LogP contribution >= 0.6 is 23.1 Å². The molecular weight excluding hydrogens is 332 g/mol. The van der Waals surface area contributed by atoms with Crippen LogP contribution in [0.5, 0.6) is 0 Å². The van der Waals surface area contributed by atoms with Gasteiger partial charge in [-0.2, -0.15) is 0 Å². The van der Waals surface area contributed by atoms with Crippen molar-refractivity contribution in [2.24, 2.45) is 0 Å². The van der Waals surface area contributed by atoms with E-state index in [1.807, 2.05) is 38.1 Å². The highest BCUT2D eigenvalue weighted by atomic mass is 32.2. The molecule has 1 N–H and O–H groups in total. The summed E-state index contributed by atoms with van der Waals surface area (Å²) in [5, 5.41) is 3.17. The quantitative estimate of drug-likeness (QED) is 0.637. The lowest BCUT2D eigenvalue weighted by Crippen LogP contribution is -2.13. The number of aromatic nitrogens is 1. The molecule has 0 radical (unpaired) electrons. The van der Waals surface area contributed by atoms with Crippen LogP contribution in [0.15, 0.2) is 29.2 Å². The molecule has 1 heterocycles. The van der Waals surface area contributed by atoms with E-state index in [2.05, 4.69) is 10.3 Å². The lowest BCUT2D eigenvalue weighted by atomic mass is 10.2. The second-order valence-electron chi connectivity index (χ2n) is 4.79. The summed E-state index contributed by atoms with van der Waals surface area (Å²) in [7, 11) is 1.33. The minimum Gasteiger partial charge on any atom is -0.465 e. The number of nitrogens with zero attached hydrogens (tertiary/aromatic N) is 1. The average Bonchev–Trinajstić information content (AvgIpc) is 2.96. The Labute approximate surface area is 143 Å². The summed E-state index contributed by atoms with van der Waals surface area (Å²) in [4.78, 5) is 29.4. The molecule has 23 heavy (non-hydrogen) atoms. The van der Waals surface area contributed by atoms with E-state index in [9.17, 15) is 9.59 Å². The molecule has 0 bridgehead atoms. The number of anilines is 1. The maximum atomic E-state index is 12.0. The van der Waals surface area contributed by atoms with Crippen LogP contribution in [-0.4, -0.2) is 29.7 Å². The van der Waals surface area contributed by atoms with Gasteiger partial charge in [-0.3, -0.25) is 4.79 Å². The van der Waals surface area contributed by atoms with Crippen LogP contribution in [0.3, 0.4) is 0 Å². The minimum absolute atomic E-state index is 0.150. The van der Waals surface area contributed by atoms with E-state index in [1.165, 1.54) is 24.4 Å². The highest BCUT2D eigenvalue weighted by Crippen LogP contribution is 2.25. The fraction of sp³-hybridized carbons (Fsp3) is 0.312. The molecule has 5 nitrogen and oxygen atoms in total. The maximum absolute atomic E-state index is 12.0. The van der Waals surface area contributed by atoms with Gasteiger partial charge in [0.05, 0.1) is 18.6 Å². The van der Waals surface area contributed by atoms with E-state index in [0.29, 0.717) is 22.1 Å². The summed E-state index contributed by atoms with van der Waals surface area (Å²) in [6.07, 6.45) is 0.606. The van der Waals surface area contributed by atoms with Gasteiger partial charge in [0, 0.05) is 4.90 Å². The number of ether oxygens (including phenoxy) is 1. The second-order valence-corrected chi connectivity index (χ2v) is 6.84. The number of thiazole rings is 1. The van der Waals surface area contributed by atoms with E-state index >= 15 is 0 Å². The van der Waals surface area contributed by atoms with Gasteiger partial charge in [-0.05, 0) is 25.5 Å². The third-order valence-electron chi connectivity index (χ3n) is 3.04. The summed E-state index contributed by atoms with van der Waals surface area (Å²) in [6, 6.07) is 8.00. The first kappa shape index (κ1) is 17.5. The molecule has 0 unspecified atom stereocenters. The molecule has 1 amide bonds. The van der Waals surface area contributed by atoms with Crippen molar-refractivity contribution < 1.29 is 14.3 Å². The Morgan fingerprint density at radius 2 is 2.00 bits per heavy atom. The van der Waals surface area contributed by atoms with E-state index in [4.69, 9.17) is 4.74 Å². The molecule has 0 saturated carbocycles. The van der Waals surface area contributed by atoms with Crippen molar-refractivity contribution in [3.05, 3.63) is 40.4 Å². The highest BCUT2D eigenvalue weighted by Gasteiger charge is 2.18. The molecule has 0 aliphatic carbocycles. The zero-order valence-corrected chi connectivity index (χ0v) is 14.8. The molecule has 1 aromatic heterocycles. The Kier molecular flexibility index (Phi) is 6.18. The Morgan fingerprint density at radius 3 is 2.61 bits per heavy atom. The molecule has 2 rings (SSSR count). The maximum Gasteiger partial charge on any atom is 0.350 e. The zero-order chi connectivity index (χ0) is 16.8. The van der Waals surface area contributed by atoms with Crippen LogP contribution in [-0.2, 0) is 16.0 Å². The molecule has 2 aromatic rings. The number of aryl methyl sites for hydroxylation is 2. The van der Waals surface area contributed by atoms with Gasteiger partial charge in [-0.15, -0.1) is 11.8 Å². The first-order chi connectivity index (χ1) is 11.0. The number of thioether (sulfide) groups is 1. The van der Waals surface area contributed by atoms with Crippen LogP contribution in [0.4, 0.5) is 5.13 Å². The first-order valence-electron chi connectivity index (χ1n) is 7.10. The Morgan fingerprint density at radius 1 is 1.30 bits per heavy atom. The third-order valence-corrected chi connectivity index (χ3v) is 5.05. The predicted molar refractivity (Wildman–Crippen MR) is 93.4 cm³/mol. The van der Waals surface area contributed by atoms with Gasteiger partial charge in [0.2, 0.25) is 5.91 Å². The number of hydrogen-bond acceptors (Lipinski definition) is 6. The Bertz CT molecular complexity index is 696. The summed E-state index contributed by atoms with van der Waals surface area (Å²) >= 11 is 2.60.